The van der Waals surface area contributed by atoms with Crippen LogP contribution in [0.2, 0.25) is 0 Å². The van der Waals surface area contributed by atoms with Gasteiger partial charge in [-0.15, -0.1) is 11.3 Å². The molecule has 0 saturated heterocycles. The average molecular weight is 306 g/mol. The van der Waals surface area contributed by atoms with Gasteiger partial charge in [0.05, 0.1) is 16.0 Å². The SMILES string of the molecule is CC(NCC(C)(C)N(C)C)c1ncc(Br)s1. The van der Waals surface area contributed by atoms with E-state index in [1.54, 1.807) is 11.3 Å². The van der Waals surface area contributed by atoms with Gasteiger partial charge in [-0.1, -0.05) is 0 Å². The van der Waals surface area contributed by atoms with Gasteiger partial charge in [0.15, 0.2) is 0 Å². The van der Waals surface area contributed by atoms with E-state index >= 15 is 0 Å². The Hall–Kier alpha value is 0.0300. The summed E-state index contributed by atoms with van der Waals surface area (Å²) >= 11 is 5.12. The zero-order valence-corrected chi connectivity index (χ0v) is 12.9. The number of hydrogen-bond acceptors (Lipinski definition) is 4. The molecule has 0 bridgehead atoms. The minimum absolute atomic E-state index is 0.156. The highest BCUT2D eigenvalue weighted by molar-refractivity contribution is 9.11. The molecule has 1 aromatic rings. The van der Waals surface area contributed by atoms with Gasteiger partial charge in [-0.3, -0.25) is 0 Å². The van der Waals surface area contributed by atoms with E-state index < -0.39 is 0 Å². The minimum atomic E-state index is 0.156. The number of nitrogens with zero attached hydrogens (tertiary/aromatic N) is 2. The number of aromatic nitrogens is 1. The van der Waals surface area contributed by atoms with Crippen molar-refractivity contribution in [3.63, 3.8) is 0 Å². The van der Waals surface area contributed by atoms with E-state index in [1.165, 1.54) is 0 Å². The third-order valence-electron chi connectivity index (χ3n) is 2.92. The maximum atomic E-state index is 4.36. The van der Waals surface area contributed by atoms with E-state index in [-0.39, 0.29) is 5.54 Å². The van der Waals surface area contributed by atoms with Gasteiger partial charge >= 0.3 is 0 Å². The molecule has 1 unspecified atom stereocenters. The molecular formula is C11H20BrN3S. The lowest BCUT2D eigenvalue weighted by Crippen LogP contribution is -2.47. The van der Waals surface area contributed by atoms with Crippen LogP contribution >= 0.6 is 27.3 Å². The molecule has 1 aromatic heterocycles. The highest BCUT2D eigenvalue weighted by Gasteiger charge is 2.21. The van der Waals surface area contributed by atoms with Crippen LogP contribution < -0.4 is 5.32 Å². The van der Waals surface area contributed by atoms with E-state index in [1.807, 2.05) is 6.20 Å². The van der Waals surface area contributed by atoms with Crippen LogP contribution in [0.3, 0.4) is 0 Å². The van der Waals surface area contributed by atoms with Gasteiger partial charge in [-0.25, -0.2) is 4.98 Å². The van der Waals surface area contributed by atoms with E-state index in [0.717, 1.165) is 15.3 Å². The van der Waals surface area contributed by atoms with Crippen LogP contribution in [0.1, 0.15) is 31.8 Å². The van der Waals surface area contributed by atoms with E-state index in [4.69, 9.17) is 0 Å². The molecule has 0 aliphatic carbocycles. The smallest absolute Gasteiger partial charge is 0.110 e. The molecule has 5 heteroatoms. The predicted molar refractivity (Wildman–Crippen MR) is 74.0 cm³/mol. The zero-order chi connectivity index (χ0) is 12.3. The van der Waals surface area contributed by atoms with Crippen molar-refractivity contribution in [1.29, 1.82) is 0 Å². The lowest BCUT2D eigenvalue weighted by Gasteiger charge is -2.33. The predicted octanol–water partition coefficient (Wildman–Crippen LogP) is 2.90. The minimum Gasteiger partial charge on any atom is -0.306 e. The van der Waals surface area contributed by atoms with Gasteiger partial charge in [0.25, 0.3) is 0 Å². The van der Waals surface area contributed by atoms with E-state index in [9.17, 15) is 0 Å². The Morgan fingerprint density at radius 2 is 2.19 bits per heavy atom. The van der Waals surface area contributed by atoms with Gasteiger partial charge < -0.3 is 10.2 Å². The van der Waals surface area contributed by atoms with Gasteiger partial charge in [0, 0.05) is 12.1 Å². The Balaban J connectivity index is 2.50. The van der Waals surface area contributed by atoms with Crippen molar-refractivity contribution >= 4 is 27.3 Å². The van der Waals surface area contributed by atoms with Crippen LogP contribution in [-0.4, -0.2) is 36.1 Å². The third-order valence-corrected chi connectivity index (χ3v) is 4.58. The van der Waals surface area contributed by atoms with Crippen LogP contribution in [0.5, 0.6) is 0 Å². The van der Waals surface area contributed by atoms with Crippen molar-refractivity contribution in [3.05, 3.63) is 15.0 Å². The first-order valence-corrected chi connectivity index (χ1v) is 6.96. The molecule has 0 fully saturated rings. The van der Waals surface area contributed by atoms with Gasteiger partial charge in [0.1, 0.15) is 5.01 Å². The second-order valence-corrected chi connectivity index (χ2v) is 7.25. The lowest BCUT2D eigenvalue weighted by atomic mass is 10.0. The average Bonchev–Trinajstić information content (AvgIpc) is 2.61. The number of nitrogens with one attached hydrogen (secondary N) is 1. The first kappa shape index (κ1) is 14.1. The largest absolute Gasteiger partial charge is 0.306 e. The summed E-state index contributed by atoms with van der Waals surface area (Å²) in [6, 6.07) is 0.301. The van der Waals surface area contributed by atoms with E-state index in [0.29, 0.717) is 6.04 Å². The van der Waals surface area contributed by atoms with Crippen molar-refractivity contribution in [1.82, 2.24) is 15.2 Å². The molecule has 1 rings (SSSR count). The van der Waals surface area contributed by atoms with Crippen molar-refractivity contribution < 1.29 is 0 Å². The summed E-state index contributed by atoms with van der Waals surface area (Å²) < 4.78 is 1.09. The molecule has 0 amide bonds. The topological polar surface area (TPSA) is 28.2 Å². The molecule has 1 N–H and O–H groups in total. The summed E-state index contributed by atoms with van der Waals surface area (Å²) in [5, 5.41) is 4.65. The van der Waals surface area contributed by atoms with Crippen molar-refractivity contribution in [3.8, 4) is 0 Å². The Kier molecular flexibility index (Phi) is 4.91. The van der Waals surface area contributed by atoms with Crippen molar-refractivity contribution in [2.45, 2.75) is 32.4 Å². The molecule has 92 valence electrons. The third kappa shape index (κ3) is 3.80. The molecule has 0 aliphatic heterocycles. The molecule has 3 nitrogen and oxygen atoms in total. The lowest BCUT2D eigenvalue weighted by molar-refractivity contribution is 0.185. The number of likely N-dealkylation sites (N-methyl/N-ethyl adjacent to an activating group) is 1. The Morgan fingerprint density at radius 3 is 2.62 bits per heavy atom. The summed E-state index contributed by atoms with van der Waals surface area (Å²) in [5.74, 6) is 0. The molecule has 0 aromatic carbocycles. The first-order chi connectivity index (χ1) is 7.33. The highest BCUT2D eigenvalue weighted by atomic mass is 79.9. The summed E-state index contributed by atoms with van der Waals surface area (Å²) in [7, 11) is 4.21. The number of rotatable bonds is 5. The Bertz CT molecular complexity index is 336. The summed E-state index contributed by atoms with van der Waals surface area (Å²) in [6.45, 7) is 7.55. The maximum absolute atomic E-state index is 4.36. The van der Waals surface area contributed by atoms with Crippen LogP contribution in [-0.2, 0) is 0 Å². The number of thiazole rings is 1. The Morgan fingerprint density at radius 1 is 1.56 bits per heavy atom. The molecule has 0 aliphatic rings. The fraction of sp³-hybridized carbons (Fsp3) is 0.727. The second kappa shape index (κ2) is 5.58. The van der Waals surface area contributed by atoms with Crippen LogP contribution in [0.15, 0.2) is 9.98 Å². The van der Waals surface area contributed by atoms with Crippen molar-refractivity contribution in [2.24, 2.45) is 0 Å². The molecular weight excluding hydrogens is 286 g/mol. The molecule has 0 radical (unpaired) electrons. The van der Waals surface area contributed by atoms with E-state index in [2.05, 4.69) is 66.0 Å². The summed E-state index contributed by atoms with van der Waals surface area (Å²) in [4.78, 5) is 6.58. The zero-order valence-electron chi connectivity index (χ0n) is 10.5. The Labute approximate surface area is 110 Å². The molecule has 0 spiro atoms. The monoisotopic (exact) mass is 305 g/mol. The molecule has 1 heterocycles. The normalized spacial score (nSPS) is 14.4. The van der Waals surface area contributed by atoms with Gasteiger partial charge in [-0.05, 0) is 50.8 Å². The molecule has 16 heavy (non-hydrogen) atoms. The molecule has 0 saturated carbocycles. The van der Waals surface area contributed by atoms with Crippen LogP contribution in [0.25, 0.3) is 0 Å². The summed E-state index contributed by atoms with van der Waals surface area (Å²) in [5.41, 5.74) is 0.156. The molecule has 1 atom stereocenters. The fourth-order valence-electron chi connectivity index (χ4n) is 1.12. The quantitative estimate of drug-likeness (QED) is 0.906. The van der Waals surface area contributed by atoms with Gasteiger partial charge in [-0.2, -0.15) is 0 Å². The number of halogens is 1. The van der Waals surface area contributed by atoms with Crippen LogP contribution in [0.4, 0.5) is 0 Å². The van der Waals surface area contributed by atoms with Gasteiger partial charge in [0.2, 0.25) is 0 Å². The van der Waals surface area contributed by atoms with Crippen LogP contribution in [0, 0.1) is 0 Å². The standard InChI is InChI=1S/C11H20BrN3S/c1-8(10-13-6-9(12)16-10)14-7-11(2,3)15(4)5/h6,8,14H,7H2,1-5H3. The highest BCUT2D eigenvalue weighted by Crippen LogP contribution is 2.24. The first-order valence-electron chi connectivity index (χ1n) is 5.35. The van der Waals surface area contributed by atoms with Crippen molar-refractivity contribution in [2.75, 3.05) is 20.6 Å². The second-order valence-electron chi connectivity index (χ2n) is 4.81. The maximum Gasteiger partial charge on any atom is 0.110 e. The summed E-state index contributed by atoms with van der Waals surface area (Å²) in [6.07, 6.45) is 1.86. The fourth-order valence-corrected chi connectivity index (χ4v) is 2.39. The number of hydrogen-bond donors (Lipinski definition) is 1.